The van der Waals surface area contributed by atoms with Crippen molar-refractivity contribution in [3.8, 4) is 5.69 Å². The van der Waals surface area contributed by atoms with Crippen LogP contribution in [0.4, 0.5) is 18.0 Å². The molecule has 118 valence electrons. The Labute approximate surface area is 132 Å². The number of halogens is 4. The molecular formula is C14H12BrF3N2O2. The lowest BCUT2D eigenvalue weighted by atomic mass is 9.97. The second-order valence-electron chi connectivity index (χ2n) is 4.83. The number of nitrogens with zero attached hydrogens (tertiary/aromatic N) is 2. The Balaban J connectivity index is 0.000000396. The highest BCUT2D eigenvalue weighted by Gasteiger charge is 2.38. The molecule has 0 saturated carbocycles. The number of alkyl halides is 3. The first-order valence-corrected chi connectivity index (χ1v) is 7.04. The van der Waals surface area contributed by atoms with E-state index in [1.165, 1.54) is 6.07 Å². The highest BCUT2D eigenvalue weighted by molar-refractivity contribution is 9.18. The number of fused-ring (bicyclic) bond motifs is 2. The second kappa shape index (κ2) is 5.75. The number of pyridine rings is 1. The molecule has 22 heavy (non-hydrogen) atoms. The SMILES string of the molecule is Cc1ccc(C)n1-c1cc(C(F)(F)F)c2nc1C2.O=C(O)Br. The second-order valence-corrected chi connectivity index (χ2v) is 5.51. The normalized spacial score (nSPS) is 12.3. The van der Waals surface area contributed by atoms with Gasteiger partial charge in [0.1, 0.15) is 0 Å². The van der Waals surface area contributed by atoms with Gasteiger partial charge in [0.05, 0.1) is 22.6 Å². The molecule has 0 amide bonds. The molecule has 8 heteroatoms. The predicted molar refractivity (Wildman–Crippen MR) is 77.8 cm³/mol. The number of carbonyl (C=O) groups is 1. The Morgan fingerprint density at radius 2 is 1.73 bits per heavy atom. The van der Waals surface area contributed by atoms with Gasteiger partial charge in [0.25, 0.3) is 0 Å². The quantitative estimate of drug-likeness (QED) is 0.637. The smallest absolute Gasteiger partial charge is 0.418 e. The molecule has 0 atom stereocenters. The summed E-state index contributed by atoms with van der Waals surface area (Å²) in [6, 6.07) is 4.99. The first kappa shape index (κ1) is 16.5. The van der Waals surface area contributed by atoms with Gasteiger partial charge in [0.15, 0.2) is 0 Å². The van der Waals surface area contributed by atoms with Gasteiger partial charge >= 0.3 is 11.1 Å². The van der Waals surface area contributed by atoms with Crippen LogP contribution in [0.15, 0.2) is 18.2 Å². The molecule has 1 N–H and O–H groups in total. The van der Waals surface area contributed by atoms with E-state index in [4.69, 9.17) is 9.90 Å². The zero-order valence-electron chi connectivity index (χ0n) is 11.7. The molecule has 1 aliphatic carbocycles. The van der Waals surface area contributed by atoms with Crippen molar-refractivity contribution in [3.05, 3.63) is 46.5 Å². The van der Waals surface area contributed by atoms with Crippen LogP contribution in [0, 0.1) is 13.8 Å². The van der Waals surface area contributed by atoms with E-state index in [2.05, 4.69) is 20.9 Å². The lowest BCUT2D eigenvalue weighted by Crippen LogP contribution is -2.22. The number of rotatable bonds is 1. The zero-order chi connectivity index (χ0) is 16.7. The Hall–Kier alpha value is -1.83. The van der Waals surface area contributed by atoms with Gasteiger partial charge in [-0.05, 0) is 32.0 Å². The minimum Gasteiger partial charge on any atom is -0.473 e. The van der Waals surface area contributed by atoms with Gasteiger partial charge in [-0.3, -0.25) is 4.98 Å². The number of aryl methyl sites for hydroxylation is 2. The molecular weight excluding hydrogens is 365 g/mol. The van der Waals surface area contributed by atoms with Crippen molar-refractivity contribution in [1.82, 2.24) is 9.55 Å². The number of hydrogen-bond donors (Lipinski definition) is 1. The van der Waals surface area contributed by atoms with Crippen LogP contribution >= 0.6 is 15.9 Å². The maximum atomic E-state index is 12.9. The first-order chi connectivity index (χ1) is 10.1. The minimum atomic E-state index is -4.33. The van der Waals surface area contributed by atoms with Crippen LogP contribution < -0.4 is 0 Å². The molecule has 1 aliphatic heterocycles. The summed E-state index contributed by atoms with van der Waals surface area (Å²) < 4.78 is 40.4. The summed E-state index contributed by atoms with van der Waals surface area (Å²) >= 11 is 2.19. The molecule has 0 aromatic carbocycles. The van der Waals surface area contributed by atoms with Crippen LogP contribution in [-0.2, 0) is 12.6 Å². The Bertz CT molecular complexity index is 715. The third kappa shape index (κ3) is 3.16. The fraction of sp³-hybridized carbons (Fsp3) is 0.286. The summed E-state index contributed by atoms with van der Waals surface area (Å²) in [5, 5.41) is 7.33. The highest BCUT2D eigenvalue weighted by Crippen LogP contribution is 2.39. The van der Waals surface area contributed by atoms with Crippen molar-refractivity contribution < 1.29 is 23.1 Å². The fourth-order valence-electron chi connectivity index (χ4n) is 2.40. The molecule has 3 heterocycles. The van der Waals surface area contributed by atoms with Gasteiger partial charge in [-0.1, -0.05) is 0 Å². The summed E-state index contributed by atoms with van der Waals surface area (Å²) in [5.41, 5.74) is 2.66. The van der Waals surface area contributed by atoms with Crippen molar-refractivity contribution in [3.63, 3.8) is 0 Å². The third-order valence-electron chi connectivity index (χ3n) is 3.31. The highest BCUT2D eigenvalue weighted by atomic mass is 79.9. The van der Waals surface area contributed by atoms with Crippen LogP contribution in [0.5, 0.6) is 0 Å². The van der Waals surface area contributed by atoms with E-state index in [1.54, 1.807) is 0 Å². The number of aromatic nitrogens is 2. The molecule has 2 aromatic heterocycles. The molecule has 4 nitrogen and oxygen atoms in total. The van der Waals surface area contributed by atoms with Crippen LogP contribution in [0.2, 0.25) is 0 Å². The van der Waals surface area contributed by atoms with Crippen molar-refractivity contribution in [2.24, 2.45) is 0 Å². The van der Waals surface area contributed by atoms with Crippen LogP contribution in [-0.4, -0.2) is 19.5 Å². The Morgan fingerprint density at radius 1 is 1.27 bits per heavy atom. The first-order valence-electron chi connectivity index (χ1n) is 6.25. The molecule has 4 rings (SSSR count). The summed E-state index contributed by atoms with van der Waals surface area (Å²) in [4.78, 5) is 11.9. The molecule has 0 saturated heterocycles. The van der Waals surface area contributed by atoms with E-state index in [-0.39, 0.29) is 5.69 Å². The van der Waals surface area contributed by atoms with Crippen LogP contribution in [0.1, 0.15) is 28.3 Å². The van der Waals surface area contributed by atoms with Crippen molar-refractivity contribution >= 4 is 20.8 Å². The average Bonchev–Trinajstić information content (AvgIpc) is 2.65. The van der Waals surface area contributed by atoms with Gasteiger partial charge < -0.3 is 9.67 Å². The van der Waals surface area contributed by atoms with Gasteiger partial charge in [-0.15, -0.1) is 0 Å². The zero-order valence-corrected chi connectivity index (χ0v) is 13.3. The molecule has 2 aliphatic rings. The number of hydrogen-bond acceptors (Lipinski definition) is 2. The molecule has 0 unspecified atom stereocenters. The molecule has 0 spiro atoms. The van der Waals surface area contributed by atoms with Gasteiger partial charge in [-0.2, -0.15) is 13.2 Å². The van der Waals surface area contributed by atoms with E-state index >= 15 is 0 Å². The van der Waals surface area contributed by atoms with E-state index in [0.717, 1.165) is 17.1 Å². The standard InChI is InChI=1S/C13H11F3N2.CHBrO2/c1-7-3-4-8(2)18(7)12-5-9(13(14,15)16)10-6-11(12)17-10;2-1(3)4/h3-5H,6H2,1-2H3;(H,3,4). The lowest BCUT2D eigenvalue weighted by molar-refractivity contribution is -0.138. The lowest BCUT2D eigenvalue weighted by Gasteiger charge is -2.25. The summed E-state index contributed by atoms with van der Waals surface area (Å²) in [6.07, 6.45) is -4.01. The van der Waals surface area contributed by atoms with E-state index in [1.807, 2.05) is 30.5 Å². The van der Waals surface area contributed by atoms with Gasteiger partial charge in [-0.25, -0.2) is 4.79 Å². The van der Waals surface area contributed by atoms with E-state index in [9.17, 15) is 13.2 Å². The van der Waals surface area contributed by atoms with Gasteiger partial charge in [0.2, 0.25) is 0 Å². The Morgan fingerprint density at radius 3 is 2.14 bits per heavy atom. The summed E-state index contributed by atoms with van der Waals surface area (Å²) in [6.45, 7) is 3.75. The maximum absolute atomic E-state index is 12.9. The molecule has 2 bridgehead atoms. The Kier molecular flexibility index (Phi) is 4.32. The minimum absolute atomic E-state index is 0.156. The largest absolute Gasteiger partial charge is 0.473 e. The number of carboxylic acid groups (broad SMARTS) is 1. The van der Waals surface area contributed by atoms with Crippen LogP contribution in [0.25, 0.3) is 5.69 Å². The molecule has 0 radical (unpaired) electrons. The van der Waals surface area contributed by atoms with Gasteiger partial charge in [0, 0.05) is 33.7 Å². The predicted octanol–water partition coefficient (Wildman–Crippen LogP) is 4.47. The average molecular weight is 377 g/mol. The topological polar surface area (TPSA) is 55.1 Å². The molecule has 0 fully saturated rings. The van der Waals surface area contributed by atoms with Crippen LogP contribution in [0.3, 0.4) is 0 Å². The van der Waals surface area contributed by atoms with Crippen molar-refractivity contribution in [2.45, 2.75) is 26.4 Å². The summed E-state index contributed by atoms with van der Waals surface area (Å²) in [5.74, 6) is 0. The molecule has 2 aromatic rings. The third-order valence-corrected chi connectivity index (χ3v) is 3.31. The fourth-order valence-corrected chi connectivity index (χ4v) is 2.40. The van der Waals surface area contributed by atoms with E-state index in [0.29, 0.717) is 12.1 Å². The van der Waals surface area contributed by atoms with E-state index < -0.39 is 16.6 Å². The maximum Gasteiger partial charge on any atom is 0.418 e. The monoisotopic (exact) mass is 376 g/mol. The van der Waals surface area contributed by atoms with Crippen molar-refractivity contribution in [1.29, 1.82) is 0 Å². The summed E-state index contributed by atoms with van der Waals surface area (Å²) in [7, 11) is 0. The van der Waals surface area contributed by atoms with Crippen molar-refractivity contribution in [2.75, 3.05) is 0 Å².